The number of aromatic nitrogens is 4. The van der Waals surface area contributed by atoms with Crippen molar-refractivity contribution in [2.45, 2.75) is 13.1 Å². The zero-order chi connectivity index (χ0) is 26.1. The summed E-state index contributed by atoms with van der Waals surface area (Å²) in [7, 11) is 1.55. The Bertz CT molecular complexity index is 1670. The molecule has 0 atom stereocenters. The van der Waals surface area contributed by atoms with Gasteiger partial charge in [-0.15, -0.1) is 0 Å². The molecule has 1 aliphatic rings. The number of imidazole rings is 2. The van der Waals surface area contributed by atoms with Crippen LogP contribution in [0.15, 0.2) is 73.3 Å². The SMILES string of the molecule is COc1ccc2cc1OCC(=O)NCc1cc(C(=O)NCc3ccc4nc[nH]c4c3)cc(c1)-n1ccnc1-2. The van der Waals surface area contributed by atoms with Crippen molar-refractivity contribution in [3.63, 3.8) is 0 Å². The van der Waals surface area contributed by atoms with Crippen LogP contribution in [-0.2, 0) is 17.9 Å². The van der Waals surface area contributed by atoms with Crippen LogP contribution in [0.5, 0.6) is 11.5 Å². The van der Waals surface area contributed by atoms with Crippen LogP contribution < -0.4 is 20.1 Å². The molecule has 0 spiro atoms. The lowest BCUT2D eigenvalue weighted by molar-refractivity contribution is -0.123. The molecule has 0 saturated carbocycles. The number of H-pyrrole nitrogens is 1. The summed E-state index contributed by atoms with van der Waals surface area (Å²) in [6.45, 7) is 0.403. The van der Waals surface area contributed by atoms with Crippen molar-refractivity contribution < 1.29 is 19.1 Å². The normalized spacial score (nSPS) is 12.8. The van der Waals surface area contributed by atoms with Gasteiger partial charge in [-0.1, -0.05) is 6.07 Å². The molecule has 2 amide bonds. The predicted octanol–water partition coefficient (Wildman–Crippen LogP) is 3.36. The minimum Gasteiger partial charge on any atom is -0.493 e. The van der Waals surface area contributed by atoms with Crippen LogP contribution in [0.3, 0.4) is 0 Å². The molecule has 190 valence electrons. The summed E-state index contributed by atoms with van der Waals surface area (Å²) in [5.41, 5.74) is 5.48. The fourth-order valence-corrected chi connectivity index (χ4v) is 4.47. The highest BCUT2D eigenvalue weighted by Crippen LogP contribution is 2.33. The van der Waals surface area contributed by atoms with E-state index < -0.39 is 0 Å². The lowest BCUT2D eigenvalue weighted by Crippen LogP contribution is -2.29. The molecule has 0 saturated heterocycles. The van der Waals surface area contributed by atoms with Gasteiger partial charge in [-0.05, 0) is 59.7 Å². The quantitative estimate of drug-likeness (QED) is 0.342. The van der Waals surface area contributed by atoms with Gasteiger partial charge < -0.3 is 25.1 Å². The maximum absolute atomic E-state index is 13.3. The van der Waals surface area contributed by atoms with Crippen LogP contribution in [0, 0.1) is 0 Å². The highest BCUT2D eigenvalue weighted by molar-refractivity contribution is 5.95. The number of hydrogen-bond donors (Lipinski definition) is 3. The first-order chi connectivity index (χ1) is 18.6. The number of hydrogen-bond acceptors (Lipinski definition) is 6. The highest BCUT2D eigenvalue weighted by Gasteiger charge is 2.17. The van der Waals surface area contributed by atoms with Crippen LogP contribution in [0.2, 0.25) is 0 Å². The largest absolute Gasteiger partial charge is 0.493 e. The molecule has 1 aliphatic heterocycles. The Morgan fingerprint density at radius 1 is 1.13 bits per heavy atom. The lowest BCUT2D eigenvalue weighted by Gasteiger charge is -2.14. The van der Waals surface area contributed by atoms with Crippen molar-refractivity contribution in [2.24, 2.45) is 0 Å². The third-order valence-corrected chi connectivity index (χ3v) is 6.37. The summed E-state index contributed by atoms with van der Waals surface area (Å²) in [6.07, 6.45) is 5.17. The Balaban J connectivity index is 1.35. The number of amides is 2. The fraction of sp³-hybridized carbons (Fsp3) is 0.143. The van der Waals surface area contributed by atoms with Gasteiger partial charge in [-0.25, -0.2) is 9.97 Å². The number of carbonyl (C=O) groups is 2. The van der Waals surface area contributed by atoms with Crippen molar-refractivity contribution >= 4 is 22.8 Å². The molecule has 3 N–H and O–H groups in total. The smallest absolute Gasteiger partial charge is 0.258 e. The van der Waals surface area contributed by atoms with E-state index in [1.165, 1.54) is 0 Å². The molecule has 5 aromatic rings. The average molecular weight is 509 g/mol. The molecule has 0 radical (unpaired) electrons. The van der Waals surface area contributed by atoms with Gasteiger partial charge >= 0.3 is 0 Å². The van der Waals surface area contributed by atoms with E-state index in [-0.39, 0.29) is 25.0 Å². The minimum atomic E-state index is -0.292. The van der Waals surface area contributed by atoms with E-state index in [0.717, 1.165) is 33.4 Å². The van der Waals surface area contributed by atoms with Crippen molar-refractivity contribution in [3.8, 4) is 28.6 Å². The monoisotopic (exact) mass is 508 g/mol. The van der Waals surface area contributed by atoms with E-state index in [1.807, 2.05) is 47.2 Å². The molecule has 10 nitrogen and oxygen atoms in total. The van der Waals surface area contributed by atoms with Gasteiger partial charge in [0.2, 0.25) is 0 Å². The Morgan fingerprint density at radius 3 is 2.95 bits per heavy atom. The first-order valence-electron chi connectivity index (χ1n) is 12.0. The number of fused-ring (bicyclic) bond motifs is 8. The van der Waals surface area contributed by atoms with Crippen molar-refractivity contribution in [1.82, 2.24) is 30.2 Å². The molecule has 3 heterocycles. The number of carbonyl (C=O) groups excluding carboxylic acids is 2. The zero-order valence-electron chi connectivity index (χ0n) is 20.5. The van der Waals surface area contributed by atoms with Gasteiger partial charge in [0.25, 0.3) is 11.8 Å². The third-order valence-electron chi connectivity index (χ3n) is 6.37. The van der Waals surface area contributed by atoms with Gasteiger partial charge in [-0.3, -0.25) is 14.2 Å². The minimum absolute atomic E-state index is 0.179. The van der Waals surface area contributed by atoms with E-state index >= 15 is 0 Å². The van der Waals surface area contributed by atoms with Crippen molar-refractivity contribution in [3.05, 3.63) is 90.0 Å². The van der Waals surface area contributed by atoms with Gasteiger partial charge in [0.1, 0.15) is 5.82 Å². The van der Waals surface area contributed by atoms with Gasteiger partial charge in [0.05, 0.1) is 24.5 Å². The average Bonchev–Trinajstić information content (AvgIpc) is 3.62. The molecule has 0 fully saturated rings. The van der Waals surface area contributed by atoms with Crippen molar-refractivity contribution in [2.75, 3.05) is 13.7 Å². The zero-order valence-corrected chi connectivity index (χ0v) is 20.5. The van der Waals surface area contributed by atoms with Gasteiger partial charge in [0.15, 0.2) is 18.1 Å². The van der Waals surface area contributed by atoms with Crippen LogP contribution in [-0.4, -0.2) is 45.1 Å². The Kier molecular flexibility index (Phi) is 5.97. The topological polar surface area (TPSA) is 123 Å². The summed E-state index contributed by atoms with van der Waals surface area (Å²) in [5, 5.41) is 5.86. The molecule has 4 bridgehead atoms. The van der Waals surface area contributed by atoms with Crippen molar-refractivity contribution in [1.29, 1.82) is 0 Å². The third kappa shape index (κ3) is 4.55. The summed E-state index contributed by atoms with van der Waals surface area (Å²) in [5.74, 6) is 1.09. The molecular formula is C28H24N6O4. The van der Waals surface area contributed by atoms with E-state index in [0.29, 0.717) is 29.4 Å². The summed E-state index contributed by atoms with van der Waals surface area (Å²) >= 11 is 0. The van der Waals surface area contributed by atoms with E-state index in [1.54, 1.807) is 37.8 Å². The Hall–Kier alpha value is -5.12. The van der Waals surface area contributed by atoms with Crippen LogP contribution >= 0.6 is 0 Å². The molecular weight excluding hydrogens is 484 g/mol. The number of methoxy groups -OCH3 is 1. The summed E-state index contributed by atoms with van der Waals surface area (Å²) < 4.78 is 13.1. The molecule has 6 rings (SSSR count). The number of aromatic amines is 1. The number of nitrogens with zero attached hydrogens (tertiary/aromatic N) is 3. The Morgan fingerprint density at radius 2 is 2.05 bits per heavy atom. The molecule has 10 heteroatoms. The second-order valence-corrected chi connectivity index (χ2v) is 8.88. The molecule has 38 heavy (non-hydrogen) atoms. The first-order valence-corrected chi connectivity index (χ1v) is 12.0. The second-order valence-electron chi connectivity index (χ2n) is 8.88. The standard InChI is InChI=1S/C28H24N6O4/c1-37-24-5-3-19-12-25(24)38-15-26(35)30-14-18-8-20(11-21(9-18)34-7-6-29-27(19)34)28(36)31-13-17-2-4-22-23(10-17)33-16-32-22/h2-12,16H,13-15H2,1H3,(H,30,35)(H,31,36)(H,32,33). The summed E-state index contributed by atoms with van der Waals surface area (Å²) in [4.78, 5) is 37.6. The molecule has 0 aliphatic carbocycles. The van der Waals surface area contributed by atoms with E-state index in [4.69, 9.17) is 9.47 Å². The maximum Gasteiger partial charge on any atom is 0.258 e. The number of benzene rings is 3. The number of ether oxygens (including phenoxy) is 2. The number of nitrogens with one attached hydrogen (secondary N) is 3. The predicted molar refractivity (Wildman–Crippen MR) is 140 cm³/mol. The molecule has 0 unspecified atom stereocenters. The van der Waals surface area contributed by atoms with E-state index in [2.05, 4.69) is 25.6 Å². The molecule has 3 aromatic carbocycles. The second kappa shape index (κ2) is 9.74. The van der Waals surface area contributed by atoms with Crippen LogP contribution in [0.4, 0.5) is 0 Å². The van der Waals surface area contributed by atoms with Crippen LogP contribution in [0.1, 0.15) is 21.5 Å². The van der Waals surface area contributed by atoms with Crippen LogP contribution in [0.25, 0.3) is 28.1 Å². The van der Waals surface area contributed by atoms with Gasteiger partial charge in [0, 0.05) is 42.3 Å². The lowest BCUT2D eigenvalue weighted by atomic mass is 10.1. The Labute approximate surface area is 217 Å². The van der Waals surface area contributed by atoms with E-state index in [9.17, 15) is 9.59 Å². The highest BCUT2D eigenvalue weighted by atomic mass is 16.5. The number of rotatable bonds is 4. The first kappa shape index (κ1) is 23.3. The molecule has 2 aromatic heterocycles. The maximum atomic E-state index is 13.3. The fourth-order valence-electron chi connectivity index (χ4n) is 4.47. The van der Waals surface area contributed by atoms with Gasteiger partial charge in [-0.2, -0.15) is 0 Å². The summed E-state index contributed by atoms with van der Waals surface area (Å²) in [6, 6.07) is 16.8.